The van der Waals surface area contributed by atoms with E-state index in [1.54, 1.807) is 18.2 Å². The normalized spacial score (nSPS) is 16.8. The molecule has 0 spiro atoms. The average molecular weight is 259 g/mol. The van der Waals surface area contributed by atoms with Crippen LogP contribution in [0.4, 0.5) is 0 Å². The molecule has 1 unspecified atom stereocenters. The van der Waals surface area contributed by atoms with Crippen LogP contribution in [0.5, 0.6) is 0 Å². The SMILES string of the molecule is O=S([O-])Cc1cccc(Cl)c1C1=NOCC1. The van der Waals surface area contributed by atoms with Gasteiger partial charge in [0.05, 0.1) is 10.7 Å². The van der Waals surface area contributed by atoms with Crippen molar-refractivity contribution in [3.8, 4) is 0 Å². The van der Waals surface area contributed by atoms with Crippen molar-refractivity contribution < 1.29 is 13.6 Å². The predicted octanol–water partition coefficient (Wildman–Crippen LogP) is 1.84. The maximum absolute atomic E-state index is 10.7. The molecule has 0 aromatic heterocycles. The smallest absolute Gasteiger partial charge is 0.122 e. The summed E-state index contributed by atoms with van der Waals surface area (Å²) in [5.74, 6) is -0.0606. The Morgan fingerprint density at radius 1 is 1.56 bits per heavy atom. The fourth-order valence-electron chi connectivity index (χ4n) is 1.62. The molecule has 0 amide bonds. The maximum Gasteiger partial charge on any atom is 0.122 e. The quantitative estimate of drug-likeness (QED) is 0.778. The third kappa shape index (κ3) is 2.42. The zero-order valence-corrected chi connectivity index (χ0v) is 9.88. The summed E-state index contributed by atoms with van der Waals surface area (Å²) in [6.45, 7) is 0.514. The fraction of sp³-hybridized carbons (Fsp3) is 0.300. The highest BCUT2D eigenvalue weighted by Crippen LogP contribution is 2.25. The van der Waals surface area contributed by atoms with E-state index in [0.717, 1.165) is 0 Å². The van der Waals surface area contributed by atoms with Gasteiger partial charge in [-0.3, -0.25) is 4.21 Å². The molecule has 0 aliphatic carbocycles. The standard InChI is InChI=1S/C10H10ClNO3S/c11-8-3-1-2-7(6-16(13)14)10(8)9-4-5-15-12-9/h1-3H,4-6H2,(H,13,14)/p-1. The average Bonchev–Trinajstić information content (AvgIpc) is 2.69. The molecular weight excluding hydrogens is 250 g/mol. The van der Waals surface area contributed by atoms with Crippen molar-refractivity contribution >= 4 is 28.4 Å². The van der Waals surface area contributed by atoms with Crippen LogP contribution in [0.1, 0.15) is 17.5 Å². The summed E-state index contributed by atoms with van der Waals surface area (Å²) in [4.78, 5) is 4.90. The number of nitrogens with zero attached hydrogens (tertiary/aromatic N) is 1. The molecule has 2 rings (SSSR count). The number of halogens is 1. The van der Waals surface area contributed by atoms with Gasteiger partial charge in [-0.25, -0.2) is 0 Å². The molecule has 1 aliphatic rings. The summed E-state index contributed by atoms with van der Waals surface area (Å²) in [7, 11) is 0. The predicted molar refractivity (Wildman–Crippen MR) is 61.2 cm³/mol. The molecule has 0 bridgehead atoms. The Hall–Kier alpha value is -0.910. The van der Waals surface area contributed by atoms with Crippen molar-refractivity contribution in [2.45, 2.75) is 12.2 Å². The number of benzene rings is 1. The highest BCUT2D eigenvalue weighted by molar-refractivity contribution is 7.78. The van der Waals surface area contributed by atoms with Crippen LogP contribution in [0.15, 0.2) is 23.4 Å². The molecule has 6 heteroatoms. The van der Waals surface area contributed by atoms with Crippen molar-refractivity contribution in [2.24, 2.45) is 5.16 Å². The molecule has 4 nitrogen and oxygen atoms in total. The molecular formula is C10H9ClNO3S-. The molecule has 1 aromatic carbocycles. The monoisotopic (exact) mass is 258 g/mol. The Balaban J connectivity index is 2.44. The van der Waals surface area contributed by atoms with Gasteiger partial charge in [0.2, 0.25) is 0 Å². The zero-order valence-electron chi connectivity index (χ0n) is 8.31. The summed E-state index contributed by atoms with van der Waals surface area (Å²) >= 11 is 3.92. The van der Waals surface area contributed by atoms with E-state index >= 15 is 0 Å². The zero-order chi connectivity index (χ0) is 11.5. The molecule has 0 radical (unpaired) electrons. The summed E-state index contributed by atoms with van der Waals surface area (Å²) in [5.41, 5.74) is 2.06. The minimum Gasteiger partial charge on any atom is -0.772 e. The van der Waals surface area contributed by atoms with Gasteiger partial charge in [-0.1, -0.05) is 40.0 Å². The van der Waals surface area contributed by atoms with E-state index in [1.165, 1.54) is 0 Å². The highest BCUT2D eigenvalue weighted by atomic mass is 35.5. The molecule has 86 valence electrons. The van der Waals surface area contributed by atoms with Crippen LogP contribution < -0.4 is 0 Å². The lowest BCUT2D eigenvalue weighted by atomic mass is 10.0. The maximum atomic E-state index is 10.7. The van der Waals surface area contributed by atoms with Crippen LogP contribution in [-0.2, 0) is 21.7 Å². The van der Waals surface area contributed by atoms with Gasteiger partial charge in [0.15, 0.2) is 0 Å². The minimum absolute atomic E-state index is 0.0606. The molecule has 16 heavy (non-hydrogen) atoms. The van der Waals surface area contributed by atoms with Gasteiger partial charge in [-0.05, 0) is 11.6 Å². The fourth-order valence-corrected chi connectivity index (χ4v) is 2.42. The van der Waals surface area contributed by atoms with Crippen LogP contribution in [0.2, 0.25) is 5.02 Å². The lowest BCUT2D eigenvalue weighted by Crippen LogP contribution is -2.06. The van der Waals surface area contributed by atoms with Crippen molar-refractivity contribution in [3.05, 3.63) is 34.3 Å². The third-order valence-corrected chi connectivity index (χ3v) is 3.13. The Bertz CT molecular complexity index is 461. The molecule has 0 saturated carbocycles. The molecule has 0 N–H and O–H groups in total. The first-order chi connectivity index (χ1) is 7.68. The Morgan fingerprint density at radius 3 is 3.00 bits per heavy atom. The number of rotatable bonds is 3. The van der Waals surface area contributed by atoms with E-state index in [1.807, 2.05) is 0 Å². The summed E-state index contributed by atoms with van der Waals surface area (Å²) in [5, 5.41) is 4.37. The van der Waals surface area contributed by atoms with Crippen LogP contribution in [0.3, 0.4) is 0 Å². The Kier molecular flexibility index (Phi) is 3.58. The van der Waals surface area contributed by atoms with Crippen LogP contribution >= 0.6 is 11.6 Å². The van der Waals surface area contributed by atoms with Gasteiger partial charge in [0, 0.05) is 17.7 Å². The largest absolute Gasteiger partial charge is 0.772 e. The lowest BCUT2D eigenvalue weighted by molar-refractivity contribution is 0.174. The second-order valence-corrected chi connectivity index (χ2v) is 4.65. The van der Waals surface area contributed by atoms with Gasteiger partial charge >= 0.3 is 0 Å². The van der Waals surface area contributed by atoms with Crippen molar-refractivity contribution in [2.75, 3.05) is 6.61 Å². The van der Waals surface area contributed by atoms with Gasteiger partial charge in [0.25, 0.3) is 0 Å². The van der Waals surface area contributed by atoms with Crippen molar-refractivity contribution in [1.29, 1.82) is 0 Å². The van der Waals surface area contributed by atoms with E-state index in [2.05, 4.69) is 5.16 Å². The van der Waals surface area contributed by atoms with Crippen LogP contribution in [0.25, 0.3) is 0 Å². The van der Waals surface area contributed by atoms with E-state index in [-0.39, 0.29) is 5.75 Å². The van der Waals surface area contributed by atoms with Crippen LogP contribution in [0, 0.1) is 0 Å². The Labute approximate surface area is 101 Å². The highest BCUT2D eigenvalue weighted by Gasteiger charge is 2.17. The molecule has 1 aromatic rings. The Morgan fingerprint density at radius 2 is 2.38 bits per heavy atom. The van der Waals surface area contributed by atoms with Gasteiger partial charge in [-0.2, -0.15) is 0 Å². The first kappa shape index (κ1) is 11.6. The molecule has 0 fully saturated rings. The lowest BCUT2D eigenvalue weighted by Gasteiger charge is -2.11. The second kappa shape index (κ2) is 4.95. The van der Waals surface area contributed by atoms with Crippen molar-refractivity contribution in [1.82, 2.24) is 0 Å². The summed E-state index contributed by atoms with van der Waals surface area (Å²) in [6.07, 6.45) is 0.655. The summed E-state index contributed by atoms with van der Waals surface area (Å²) < 4.78 is 21.5. The first-order valence-corrected chi connectivity index (χ1v) is 6.33. The molecule has 1 atom stereocenters. The minimum atomic E-state index is -2.14. The summed E-state index contributed by atoms with van der Waals surface area (Å²) in [6, 6.07) is 5.18. The molecule has 1 aliphatic heterocycles. The number of hydrogen-bond acceptors (Lipinski definition) is 4. The number of hydrogen-bond donors (Lipinski definition) is 0. The van der Waals surface area contributed by atoms with E-state index in [0.29, 0.717) is 34.9 Å². The van der Waals surface area contributed by atoms with Gasteiger partial charge < -0.3 is 9.39 Å². The second-order valence-electron chi connectivity index (χ2n) is 3.34. The molecule has 0 saturated heterocycles. The van der Waals surface area contributed by atoms with E-state index in [9.17, 15) is 8.76 Å². The van der Waals surface area contributed by atoms with E-state index in [4.69, 9.17) is 16.4 Å². The van der Waals surface area contributed by atoms with Crippen LogP contribution in [-0.4, -0.2) is 21.1 Å². The van der Waals surface area contributed by atoms with Gasteiger partial charge in [0.1, 0.15) is 6.61 Å². The third-order valence-electron chi connectivity index (χ3n) is 2.27. The topological polar surface area (TPSA) is 61.7 Å². The molecule has 1 heterocycles. The van der Waals surface area contributed by atoms with Crippen molar-refractivity contribution in [3.63, 3.8) is 0 Å². The first-order valence-electron chi connectivity index (χ1n) is 4.71. The number of oxime groups is 1. The van der Waals surface area contributed by atoms with E-state index < -0.39 is 11.1 Å². The van der Waals surface area contributed by atoms with Gasteiger partial charge in [-0.15, -0.1) is 0 Å².